The summed E-state index contributed by atoms with van der Waals surface area (Å²) < 4.78 is 3.02. The standard InChI is InChI=1S/C16H17ClN4O3S/c1-9(22)8-25-16-18-13-12(14(23)19-15(24)20(13)2)21(16)7-10-5-3-4-6-11(10)17/h3-6,9,22H,7-8H2,1-2H3,(H,19,23,24)/t9-/m1/s1. The molecule has 2 N–H and O–H groups in total. The van der Waals surface area contributed by atoms with Gasteiger partial charge in [0, 0.05) is 17.8 Å². The van der Waals surface area contributed by atoms with E-state index in [9.17, 15) is 14.7 Å². The van der Waals surface area contributed by atoms with Crippen LogP contribution in [0.1, 0.15) is 12.5 Å². The first-order valence-electron chi connectivity index (χ1n) is 7.62. The van der Waals surface area contributed by atoms with Gasteiger partial charge in [-0.25, -0.2) is 9.78 Å². The Kier molecular flexibility index (Phi) is 5.03. The molecule has 132 valence electrons. The van der Waals surface area contributed by atoms with Gasteiger partial charge in [-0.3, -0.25) is 14.3 Å². The lowest BCUT2D eigenvalue weighted by molar-refractivity contribution is 0.220. The predicted molar refractivity (Wildman–Crippen MR) is 98.6 cm³/mol. The van der Waals surface area contributed by atoms with Crippen LogP contribution in [0.25, 0.3) is 11.2 Å². The minimum absolute atomic E-state index is 0.300. The van der Waals surface area contributed by atoms with Crippen molar-refractivity contribution in [3.05, 3.63) is 55.7 Å². The molecular weight excluding hydrogens is 364 g/mol. The number of benzene rings is 1. The average Bonchev–Trinajstić information content (AvgIpc) is 2.92. The molecule has 0 bridgehead atoms. The van der Waals surface area contributed by atoms with Crippen molar-refractivity contribution in [2.24, 2.45) is 7.05 Å². The quantitative estimate of drug-likeness (QED) is 0.656. The third-order valence-corrected chi connectivity index (χ3v) is 5.30. The summed E-state index contributed by atoms with van der Waals surface area (Å²) >= 11 is 7.57. The monoisotopic (exact) mass is 380 g/mol. The highest BCUT2D eigenvalue weighted by molar-refractivity contribution is 7.99. The Bertz CT molecular complexity index is 1040. The van der Waals surface area contributed by atoms with E-state index in [1.165, 1.54) is 16.3 Å². The second-order valence-electron chi connectivity index (χ2n) is 5.72. The summed E-state index contributed by atoms with van der Waals surface area (Å²) in [5.41, 5.74) is 0.410. The molecule has 2 aromatic heterocycles. The second kappa shape index (κ2) is 7.07. The van der Waals surface area contributed by atoms with Crippen molar-refractivity contribution in [1.82, 2.24) is 19.1 Å². The summed E-state index contributed by atoms with van der Waals surface area (Å²) in [6.07, 6.45) is -0.527. The van der Waals surface area contributed by atoms with Crippen LogP contribution in [0.5, 0.6) is 0 Å². The maximum absolute atomic E-state index is 12.4. The predicted octanol–water partition coefficient (Wildman–Crippen LogP) is 1.60. The average molecular weight is 381 g/mol. The fraction of sp³-hybridized carbons (Fsp3) is 0.312. The van der Waals surface area contributed by atoms with E-state index < -0.39 is 17.4 Å². The number of aliphatic hydroxyl groups excluding tert-OH is 1. The van der Waals surface area contributed by atoms with E-state index in [1.807, 2.05) is 18.2 Å². The summed E-state index contributed by atoms with van der Waals surface area (Å²) in [6.45, 7) is 2.01. The smallest absolute Gasteiger partial charge is 0.329 e. The van der Waals surface area contributed by atoms with Gasteiger partial charge >= 0.3 is 5.69 Å². The first kappa shape index (κ1) is 17.8. The Morgan fingerprint density at radius 2 is 2.08 bits per heavy atom. The number of aromatic nitrogens is 4. The minimum Gasteiger partial charge on any atom is -0.393 e. The number of rotatable bonds is 5. The Labute approximate surface area is 152 Å². The van der Waals surface area contributed by atoms with Gasteiger partial charge < -0.3 is 9.67 Å². The molecule has 0 amide bonds. The van der Waals surface area contributed by atoms with Gasteiger partial charge in [-0.1, -0.05) is 41.6 Å². The number of imidazole rings is 1. The van der Waals surface area contributed by atoms with Crippen molar-refractivity contribution in [2.45, 2.75) is 24.7 Å². The lowest BCUT2D eigenvalue weighted by Crippen LogP contribution is -2.29. The summed E-state index contributed by atoms with van der Waals surface area (Å²) in [5, 5.41) is 10.7. The molecule has 0 saturated heterocycles. The zero-order valence-electron chi connectivity index (χ0n) is 13.7. The molecule has 0 aliphatic rings. The van der Waals surface area contributed by atoms with E-state index in [1.54, 1.807) is 24.6 Å². The van der Waals surface area contributed by atoms with Gasteiger partial charge in [0.15, 0.2) is 16.3 Å². The van der Waals surface area contributed by atoms with Crippen LogP contribution in [0, 0.1) is 0 Å². The van der Waals surface area contributed by atoms with Crippen molar-refractivity contribution in [2.75, 3.05) is 5.75 Å². The maximum Gasteiger partial charge on any atom is 0.329 e. The zero-order chi connectivity index (χ0) is 18.1. The lowest BCUT2D eigenvalue weighted by atomic mass is 10.2. The molecule has 3 aromatic rings. The molecule has 9 heteroatoms. The fourth-order valence-corrected chi connectivity index (χ4v) is 3.51. The Morgan fingerprint density at radius 3 is 2.76 bits per heavy atom. The molecule has 25 heavy (non-hydrogen) atoms. The molecule has 0 unspecified atom stereocenters. The van der Waals surface area contributed by atoms with Crippen molar-refractivity contribution < 1.29 is 5.11 Å². The number of nitrogens with one attached hydrogen (secondary N) is 1. The SMILES string of the molecule is C[C@@H](O)CSc1nc2c(c(=O)[nH]c(=O)n2C)n1Cc1ccccc1Cl. The number of fused-ring (bicyclic) bond motifs is 1. The molecule has 0 fully saturated rings. The summed E-state index contributed by atoms with van der Waals surface area (Å²) in [5.74, 6) is 0.414. The number of aromatic amines is 1. The van der Waals surface area contributed by atoms with Crippen molar-refractivity contribution >= 4 is 34.5 Å². The van der Waals surface area contributed by atoms with Gasteiger partial charge in [0.25, 0.3) is 5.56 Å². The number of aliphatic hydroxyl groups is 1. The van der Waals surface area contributed by atoms with E-state index >= 15 is 0 Å². The number of aryl methyl sites for hydroxylation is 1. The number of nitrogens with zero attached hydrogens (tertiary/aromatic N) is 3. The molecule has 3 rings (SSSR count). The van der Waals surface area contributed by atoms with Crippen LogP contribution in [-0.4, -0.2) is 36.1 Å². The van der Waals surface area contributed by atoms with Gasteiger partial charge in [-0.05, 0) is 18.6 Å². The Hall–Kier alpha value is -2.03. The van der Waals surface area contributed by atoms with Crippen molar-refractivity contribution in [3.8, 4) is 0 Å². The molecule has 0 aliphatic carbocycles. The largest absolute Gasteiger partial charge is 0.393 e. The molecule has 7 nitrogen and oxygen atoms in total. The minimum atomic E-state index is -0.527. The van der Waals surface area contributed by atoms with E-state index in [2.05, 4.69) is 9.97 Å². The van der Waals surface area contributed by atoms with E-state index in [4.69, 9.17) is 11.6 Å². The van der Waals surface area contributed by atoms with Crippen LogP contribution < -0.4 is 11.2 Å². The molecule has 2 heterocycles. The number of H-pyrrole nitrogens is 1. The molecule has 1 atom stereocenters. The van der Waals surface area contributed by atoms with Gasteiger partial charge in [0.2, 0.25) is 0 Å². The van der Waals surface area contributed by atoms with Gasteiger partial charge in [0.05, 0.1) is 12.6 Å². The molecule has 0 radical (unpaired) electrons. The molecule has 1 aromatic carbocycles. The highest BCUT2D eigenvalue weighted by Crippen LogP contribution is 2.25. The Balaban J connectivity index is 2.21. The molecular formula is C16H17ClN4O3S. The normalized spacial score (nSPS) is 12.6. The topological polar surface area (TPSA) is 92.9 Å². The first-order chi connectivity index (χ1) is 11.9. The zero-order valence-corrected chi connectivity index (χ0v) is 15.3. The number of halogens is 1. The van der Waals surface area contributed by atoms with Crippen LogP contribution in [0.3, 0.4) is 0 Å². The van der Waals surface area contributed by atoms with Crippen molar-refractivity contribution in [1.29, 1.82) is 0 Å². The van der Waals surface area contributed by atoms with E-state index in [-0.39, 0.29) is 0 Å². The molecule has 0 aliphatic heterocycles. The maximum atomic E-state index is 12.4. The van der Waals surface area contributed by atoms with Crippen LogP contribution in [0.15, 0.2) is 39.0 Å². The number of hydrogen-bond donors (Lipinski definition) is 2. The van der Waals surface area contributed by atoms with E-state index in [0.717, 1.165) is 5.56 Å². The second-order valence-corrected chi connectivity index (χ2v) is 7.12. The van der Waals surface area contributed by atoms with Gasteiger partial charge in [-0.15, -0.1) is 0 Å². The van der Waals surface area contributed by atoms with Crippen LogP contribution in [-0.2, 0) is 13.6 Å². The van der Waals surface area contributed by atoms with E-state index in [0.29, 0.717) is 33.6 Å². The molecule has 0 spiro atoms. The third kappa shape index (κ3) is 3.51. The Morgan fingerprint density at radius 1 is 1.36 bits per heavy atom. The summed E-state index contributed by atoms with van der Waals surface area (Å²) in [4.78, 5) is 31.0. The van der Waals surface area contributed by atoms with Crippen LogP contribution >= 0.6 is 23.4 Å². The lowest BCUT2D eigenvalue weighted by Gasteiger charge is -2.10. The first-order valence-corrected chi connectivity index (χ1v) is 8.98. The van der Waals surface area contributed by atoms with Gasteiger partial charge in [-0.2, -0.15) is 0 Å². The van der Waals surface area contributed by atoms with Crippen molar-refractivity contribution in [3.63, 3.8) is 0 Å². The summed E-state index contributed by atoms with van der Waals surface area (Å²) in [7, 11) is 1.55. The fourth-order valence-electron chi connectivity index (χ4n) is 2.46. The highest BCUT2D eigenvalue weighted by Gasteiger charge is 2.19. The van der Waals surface area contributed by atoms with Crippen LogP contribution in [0.2, 0.25) is 5.02 Å². The summed E-state index contributed by atoms with van der Waals surface area (Å²) in [6, 6.07) is 7.34. The molecule has 0 saturated carbocycles. The highest BCUT2D eigenvalue weighted by atomic mass is 35.5. The number of thioether (sulfide) groups is 1. The third-order valence-electron chi connectivity index (χ3n) is 3.71. The van der Waals surface area contributed by atoms with Crippen LogP contribution in [0.4, 0.5) is 0 Å². The number of hydrogen-bond acceptors (Lipinski definition) is 5. The van der Waals surface area contributed by atoms with Gasteiger partial charge in [0.1, 0.15) is 0 Å².